The van der Waals surface area contributed by atoms with Crippen LogP contribution in [0.1, 0.15) is 56.1 Å². The normalized spacial score (nSPS) is 17.5. The van der Waals surface area contributed by atoms with Crippen LogP contribution in [0.15, 0.2) is 24.3 Å². The molecule has 1 aromatic carbocycles. The van der Waals surface area contributed by atoms with E-state index in [9.17, 15) is 0 Å². The summed E-state index contributed by atoms with van der Waals surface area (Å²) >= 11 is 0. The minimum absolute atomic E-state index is 0.867. The predicted molar refractivity (Wildman–Crippen MR) is 61.6 cm³/mol. The number of benzene rings is 1. The van der Waals surface area contributed by atoms with Gasteiger partial charge in [-0.15, -0.1) is 0 Å². The third-order valence-corrected chi connectivity index (χ3v) is 3.32. The molecule has 0 N–H and O–H groups in total. The van der Waals surface area contributed by atoms with Crippen LogP contribution in [0.4, 0.5) is 0 Å². The van der Waals surface area contributed by atoms with E-state index >= 15 is 0 Å². The fourth-order valence-electron chi connectivity index (χ4n) is 2.55. The monoisotopic (exact) mass is 188 g/mol. The van der Waals surface area contributed by atoms with E-state index in [1.165, 1.54) is 44.1 Å². The summed E-state index contributed by atoms with van der Waals surface area (Å²) in [6, 6.07) is 9.25. The van der Waals surface area contributed by atoms with Gasteiger partial charge in [0.1, 0.15) is 0 Å². The van der Waals surface area contributed by atoms with Gasteiger partial charge in [-0.05, 0) is 36.3 Å². The van der Waals surface area contributed by atoms with E-state index in [0.29, 0.717) is 0 Å². The highest BCUT2D eigenvalue weighted by Crippen LogP contribution is 2.34. The van der Waals surface area contributed by atoms with Gasteiger partial charge in [0, 0.05) is 0 Å². The van der Waals surface area contributed by atoms with E-state index in [-0.39, 0.29) is 0 Å². The molecule has 0 aliphatic heterocycles. The van der Waals surface area contributed by atoms with Crippen molar-refractivity contribution in [2.75, 3.05) is 0 Å². The number of hydrogen-bond donors (Lipinski definition) is 0. The minimum Gasteiger partial charge on any atom is -0.0651 e. The molecule has 0 amide bonds. The fourth-order valence-corrected chi connectivity index (χ4v) is 2.55. The molecule has 1 saturated carbocycles. The molecule has 1 aliphatic rings. The van der Waals surface area contributed by atoms with Crippen molar-refractivity contribution in [1.82, 2.24) is 0 Å². The van der Waals surface area contributed by atoms with Gasteiger partial charge < -0.3 is 0 Å². The number of aryl methyl sites for hydroxylation is 1. The van der Waals surface area contributed by atoms with Gasteiger partial charge >= 0.3 is 0 Å². The molecule has 1 aromatic rings. The number of hydrogen-bond acceptors (Lipinski definition) is 0. The molecule has 0 radical (unpaired) electrons. The average molecular weight is 188 g/mol. The Hall–Kier alpha value is -0.780. The van der Waals surface area contributed by atoms with Gasteiger partial charge in [-0.2, -0.15) is 0 Å². The third-order valence-electron chi connectivity index (χ3n) is 3.32. The summed E-state index contributed by atoms with van der Waals surface area (Å²) in [6.07, 6.45) is 8.19. The largest absolute Gasteiger partial charge is 0.0651 e. The first-order chi connectivity index (χ1) is 6.90. The lowest BCUT2D eigenvalue weighted by Crippen LogP contribution is -1.93. The third kappa shape index (κ3) is 2.17. The van der Waals surface area contributed by atoms with Crippen LogP contribution in [0.3, 0.4) is 0 Å². The predicted octanol–water partition coefficient (Wildman–Crippen LogP) is 4.30. The van der Waals surface area contributed by atoms with E-state index in [2.05, 4.69) is 31.2 Å². The molecule has 0 bridgehead atoms. The van der Waals surface area contributed by atoms with Crippen LogP contribution in [0.2, 0.25) is 0 Å². The molecule has 0 nitrogen and oxygen atoms in total. The van der Waals surface area contributed by atoms with Gasteiger partial charge in [0.05, 0.1) is 0 Å². The Morgan fingerprint density at radius 3 is 2.71 bits per heavy atom. The molecule has 0 heterocycles. The smallest absolute Gasteiger partial charge is 0.0162 e. The van der Waals surface area contributed by atoms with Crippen molar-refractivity contribution >= 4 is 0 Å². The first-order valence-electron chi connectivity index (χ1n) is 5.99. The average Bonchev–Trinajstić information content (AvgIpc) is 2.71. The molecule has 0 spiro atoms. The molecule has 1 fully saturated rings. The maximum atomic E-state index is 2.43. The van der Waals surface area contributed by atoms with E-state index in [1.807, 2.05) is 0 Å². The van der Waals surface area contributed by atoms with E-state index < -0.39 is 0 Å². The standard InChI is InChI=1S/C14H20/c1-2-6-12-7-5-10-14(11-12)13-8-3-4-9-13/h5,7,10-11,13H,2-4,6,8-9H2,1H3. The zero-order valence-corrected chi connectivity index (χ0v) is 9.13. The van der Waals surface area contributed by atoms with Crippen molar-refractivity contribution in [2.24, 2.45) is 0 Å². The lowest BCUT2D eigenvalue weighted by molar-refractivity contribution is 0.721. The summed E-state index contributed by atoms with van der Waals surface area (Å²) in [7, 11) is 0. The molecule has 1 aliphatic carbocycles. The van der Waals surface area contributed by atoms with Gasteiger partial charge in [-0.3, -0.25) is 0 Å². The summed E-state index contributed by atoms with van der Waals surface area (Å²) < 4.78 is 0. The maximum Gasteiger partial charge on any atom is -0.0162 e. The quantitative estimate of drug-likeness (QED) is 0.663. The van der Waals surface area contributed by atoms with Crippen LogP contribution < -0.4 is 0 Å². The van der Waals surface area contributed by atoms with Crippen molar-refractivity contribution < 1.29 is 0 Å². The Bertz CT molecular complexity index is 282. The van der Waals surface area contributed by atoms with Crippen LogP contribution in [0, 0.1) is 0 Å². The SMILES string of the molecule is CCCc1cccc(C2CCCC2)c1. The molecular formula is C14H20. The van der Waals surface area contributed by atoms with Gasteiger partial charge in [-0.25, -0.2) is 0 Å². The maximum absolute atomic E-state index is 2.43. The van der Waals surface area contributed by atoms with Gasteiger partial charge in [0.15, 0.2) is 0 Å². The minimum atomic E-state index is 0.867. The van der Waals surface area contributed by atoms with Crippen molar-refractivity contribution in [1.29, 1.82) is 0 Å². The molecule has 2 rings (SSSR count). The Balaban J connectivity index is 2.12. The topological polar surface area (TPSA) is 0 Å². The zero-order valence-electron chi connectivity index (χ0n) is 9.13. The van der Waals surface area contributed by atoms with Crippen LogP contribution in [-0.2, 0) is 6.42 Å². The molecule has 0 atom stereocenters. The van der Waals surface area contributed by atoms with Crippen molar-refractivity contribution in [3.8, 4) is 0 Å². The van der Waals surface area contributed by atoms with Gasteiger partial charge in [0.2, 0.25) is 0 Å². The van der Waals surface area contributed by atoms with Crippen LogP contribution in [0.5, 0.6) is 0 Å². The molecule has 0 aromatic heterocycles. The van der Waals surface area contributed by atoms with Crippen molar-refractivity contribution in [3.63, 3.8) is 0 Å². The highest BCUT2D eigenvalue weighted by molar-refractivity contribution is 5.27. The van der Waals surface area contributed by atoms with Crippen LogP contribution in [-0.4, -0.2) is 0 Å². The Morgan fingerprint density at radius 1 is 1.21 bits per heavy atom. The van der Waals surface area contributed by atoms with Crippen molar-refractivity contribution in [3.05, 3.63) is 35.4 Å². The summed E-state index contributed by atoms with van der Waals surface area (Å²) in [5, 5.41) is 0. The first kappa shape index (κ1) is 9.76. The highest BCUT2D eigenvalue weighted by atomic mass is 14.2. The summed E-state index contributed by atoms with van der Waals surface area (Å²) in [5.74, 6) is 0.867. The molecule has 14 heavy (non-hydrogen) atoms. The fraction of sp³-hybridized carbons (Fsp3) is 0.571. The first-order valence-corrected chi connectivity index (χ1v) is 5.99. The van der Waals surface area contributed by atoms with E-state index in [4.69, 9.17) is 0 Å². The summed E-state index contributed by atoms with van der Waals surface area (Å²) in [4.78, 5) is 0. The second-order valence-corrected chi connectivity index (χ2v) is 4.48. The second kappa shape index (κ2) is 4.63. The molecule has 0 unspecified atom stereocenters. The molecule has 0 heteroatoms. The van der Waals surface area contributed by atoms with Crippen molar-refractivity contribution in [2.45, 2.75) is 51.4 Å². The van der Waals surface area contributed by atoms with Gasteiger partial charge in [0.25, 0.3) is 0 Å². The van der Waals surface area contributed by atoms with Gasteiger partial charge in [-0.1, -0.05) is 50.5 Å². The zero-order chi connectivity index (χ0) is 9.80. The van der Waals surface area contributed by atoms with E-state index in [1.54, 1.807) is 5.56 Å². The summed E-state index contributed by atoms with van der Waals surface area (Å²) in [5.41, 5.74) is 3.12. The summed E-state index contributed by atoms with van der Waals surface area (Å²) in [6.45, 7) is 2.25. The lowest BCUT2D eigenvalue weighted by Gasteiger charge is -2.10. The van der Waals surface area contributed by atoms with E-state index in [0.717, 1.165) is 5.92 Å². The van der Waals surface area contributed by atoms with Crippen LogP contribution >= 0.6 is 0 Å². The molecule has 76 valence electrons. The number of rotatable bonds is 3. The Kier molecular flexibility index (Phi) is 3.23. The Morgan fingerprint density at radius 2 is 2.00 bits per heavy atom. The Labute approximate surface area is 87.3 Å². The highest BCUT2D eigenvalue weighted by Gasteiger charge is 2.16. The molecular weight excluding hydrogens is 168 g/mol. The van der Waals surface area contributed by atoms with Crippen LogP contribution in [0.25, 0.3) is 0 Å². The molecule has 0 saturated heterocycles. The second-order valence-electron chi connectivity index (χ2n) is 4.48. The lowest BCUT2D eigenvalue weighted by atomic mass is 9.95.